The molecule has 0 unspecified atom stereocenters. The van der Waals surface area contributed by atoms with Gasteiger partial charge in [0.15, 0.2) is 12.1 Å². The molecule has 0 amide bonds. The molecule has 42 heavy (non-hydrogen) atoms. The minimum Gasteiger partial charge on any atom is -0.508 e. The lowest BCUT2D eigenvalue weighted by atomic mass is 9.98. The van der Waals surface area contributed by atoms with Crippen molar-refractivity contribution in [2.45, 2.75) is 68.3 Å². The summed E-state index contributed by atoms with van der Waals surface area (Å²) >= 11 is 0. The van der Waals surface area contributed by atoms with Crippen LogP contribution in [-0.2, 0) is 14.2 Å². The number of fused-ring (bicyclic) bond motifs is 1. The molecule has 0 spiro atoms. The van der Waals surface area contributed by atoms with Crippen molar-refractivity contribution in [3.05, 3.63) is 46.6 Å². The van der Waals surface area contributed by atoms with Crippen LogP contribution in [0.1, 0.15) is 6.92 Å². The summed E-state index contributed by atoms with van der Waals surface area (Å²) in [7, 11) is 0. The van der Waals surface area contributed by atoms with E-state index in [9.17, 15) is 50.8 Å². The van der Waals surface area contributed by atoms with Crippen molar-refractivity contribution in [3.8, 4) is 34.3 Å². The van der Waals surface area contributed by atoms with Crippen molar-refractivity contribution in [2.75, 3.05) is 6.61 Å². The molecule has 3 heterocycles. The molecular weight excluding hydrogens is 564 g/mol. The maximum Gasteiger partial charge on any atom is 0.238 e. The Hall–Kier alpha value is -3.51. The Morgan fingerprint density at radius 3 is 2.12 bits per heavy atom. The van der Waals surface area contributed by atoms with Crippen molar-refractivity contribution >= 4 is 11.0 Å². The number of hydrogen-bond acceptors (Lipinski definition) is 15. The summed E-state index contributed by atoms with van der Waals surface area (Å²) in [5.74, 6) is -1.88. The maximum atomic E-state index is 12.6. The zero-order valence-corrected chi connectivity index (χ0v) is 21.9. The highest BCUT2D eigenvalue weighted by molar-refractivity contribution is 5.88. The van der Waals surface area contributed by atoms with Gasteiger partial charge in [0.05, 0.1) is 12.7 Å². The fourth-order valence-corrected chi connectivity index (χ4v) is 4.78. The predicted octanol–water partition coefficient (Wildman–Crippen LogP) is -1.39. The van der Waals surface area contributed by atoms with E-state index in [4.69, 9.17) is 23.4 Å². The molecule has 0 radical (unpaired) electrons. The molecule has 2 aromatic carbocycles. The predicted molar refractivity (Wildman–Crippen MR) is 139 cm³/mol. The number of benzene rings is 2. The zero-order valence-electron chi connectivity index (χ0n) is 21.9. The van der Waals surface area contributed by atoms with Crippen LogP contribution in [0.5, 0.6) is 23.0 Å². The van der Waals surface area contributed by atoms with Gasteiger partial charge in [-0.15, -0.1) is 0 Å². The third kappa shape index (κ3) is 5.49. The Labute approximate surface area is 236 Å². The van der Waals surface area contributed by atoms with E-state index in [0.717, 1.165) is 12.1 Å². The van der Waals surface area contributed by atoms with Gasteiger partial charge in [0.25, 0.3) is 0 Å². The second kappa shape index (κ2) is 11.6. The van der Waals surface area contributed by atoms with E-state index in [0.29, 0.717) is 0 Å². The molecular formula is C27H30O15. The summed E-state index contributed by atoms with van der Waals surface area (Å²) in [5.41, 5.74) is -0.882. The lowest BCUT2D eigenvalue weighted by Crippen LogP contribution is -2.61. The second-order valence-electron chi connectivity index (χ2n) is 10.1. The van der Waals surface area contributed by atoms with Gasteiger partial charge in [0.1, 0.15) is 70.9 Å². The Morgan fingerprint density at radius 1 is 0.786 bits per heavy atom. The average Bonchev–Trinajstić information content (AvgIpc) is 2.96. The quantitative estimate of drug-likeness (QED) is 0.159. The van der Waals surface area contributed by atoms with Crippen molar-refractivity contribution in [1.29, 1.82) is 0 Å². The maximum absolute atomic E-state index is 12.6. The van der Waals surface area contributed by atoms with E-state index < -0.39 is 84.9 Å². The molecule has 3 aromatic rings. The number of aliphatic hydroxyl groups excluding tert-OH is 6. The van der Waals surface area contributed by atoms with Gasteiger partial charge >= 0.3 is 0 Å². The molecule has 15 heteroatoms. The number of hydrogen-bond donors (Lipinski definition) is 9. The van der Waals surface area contributed by atoms with Crippen LogP contribution in [0.2, 0.25) is 0 Å². The summed E-state index contributed by atoms with van der Waals surface area (Å²) in [6.07, 6.45) is -14.6. The minimum absolute atomic E-state index is 0.0981. The van der Waals surface area contributed by atoms with Crippen LogP contribution >= 0.6 is 0 Å². The molecule has 5 rings (SSSR count). The Balaban J connectivity index is 1.30. The van der Waals surface area contributed by atoms with Crippen LogP contribution in [0.15, 0.2) is 45.6 Å². The van der Waals surface area contributed by atoms with Crippen molar-refractivity contribution < 1.29 is 69.3 Å². The number of rotatable bonds is 6. The van der Waals surface area contributed by atoms with Crippen molar-refractivity contribution in [1.82, 2.24) is 0 Å². The molecule has 1 aromatic heterocycles. The van der Waals surface area contributed by atoms with Gasteiger partial charge in [-0.3, -0.25) is 4.79 Å². The second-order valence-corrected chi connectivity index (χ2v) is 10.1. The SMILES string of the molecule is C[C@@H]1O[C@@H](OC[C@H]2O[C@@H](Oc3ccc(-c4oc5cc(O)cc(O)c5c(=O)c4O)cc3)[C@H](O)[C@@H](O)[C@@H]2O)[C@H](O)[C@H](O)[C@H]1O. The molecule has 15 nitrogen and oxygen atoms in total. The first-order valence-corrected chi connectivity index (χ1v) is 12.9. The highest BCUT2D eigenvalue weighted by Gasteiger charge is 2.47. The van der Waals surface area contributed by atoms with Crippen LogP contribution in [0.4, 0.5) is 0 Å². The van der Waals surface area contributed by atoms with E-state index in [2.05, 4.69) is 0 Å². The van der Waals surface area contributed by atoms with Gasteiger partial charge in [0.2, 0.25) is 17.5 Å². The highest BCUT2D eigenvalue weighted by Crippen LogP contribution is 2.36. The minimum atomic E-state index is -1.73. The first kappa shape index (κ1) is 30.0. The van der Waals surface area contributed by atoms with Gasteiger partial charge in [-0.2, -0.15) is 0 Å². The van der Waals surface area contributed by atoms with Gasteiger partial charge in [-0.25, -0.2) is 0 Å². The van der Waals surface area contributed by atoms with Gasteiger partial charge in [0, 0.05) is 17.7 Å². The lowest BCUT2D eigenvalue weighted by molar-refractivity contribution is -0.318. The molecule has 10 atom stereocenters. The molecule has 2 fully saturated rings. The van der Waals surface area contributed by atoms with E-state index in [1.807, 2.05) is 0 Å². The monoisotopic (exact) mass is 594 g/mol. The van der Waals surface area contributed by atoms with Crippen LogP contribution in [0.3, 0.4) is 0 Å². The number of aromatic hydroxyl groups is 3. The molecule has 0 aliphatic carbocycles. The summed E-state index contributed by atoms with van der Waals surface area (Å²) in [5, 5.41) is 90.9. The number of phenolic OH excluding ortho intramolecular Hbond substituents is 2. The lowest BCUT2D eigenvalue weighted by Gasteiger charge is -2.42. The Morgan fingerprint density at radius 2 is 1.43 bits per heavy atom. The molecule has 0 saturated carbocycles. The summed E-state index contributed by atoms with van der Waals surface area (Å²) < 4.78 is 27.6. The van der Waals surface area contributed by atoms with Gasteiger partial charge < -0.3 is 69.3 Å². The number of phenols is 2. The fraction of sp³-hybridized carbons (Fsp3) is 0.444. The topological polar surface area (TPSA) is 249 Å². The highest BCUT2D eigenvalue weighted by atomic mass is 16.7. The van der Waals surface area contributed by atoms with E-state index in [-0.39, 0.29) is 33.8 Å². The third-order valence-electron chi connectivity index (χ3n) is 7.21. The van der Waals surface area contributed by atoms with Crippen molar-refractivity contribution in [2.24, 2.45) is 0 Å². The van der Waals surface area contributed by atoms with Gasteiger partial charge in [-0.1, -0.05) is 0 Å². The average molecular weight is 595 g/mol. The zero-order chi connectivity index (χ0) is 30.5. The van der Waals surface area contributed by atoms with E-state index in [1.165, 1.54) is 31.2 Å². The number of aliphatic hydroxyl groups is 6. The Bertz CT molecular complexity index is 1470. The molecule has 2 aliphatic heterocycles. The van der Waals surface area contributed by atoms with E-state index >= 15 is 0 Å². The first-order chi connectivity index (χ1) is 19.9. The third-order valence-corrected chi connectivity index (χ3v) is 7.21. The first-order valence-electron chi connectivity index (χ1n) is 12.9. The summed E-state index contributed by atoms with van der Waals surface area (Å²) in [6, 6.07) is 7.57. The molecule has 228 valence electrons. The smallest absolute Gasteiger partial charge is 0.238 e. The standard InChI is InChI=1S/C27H30O15/c1-9-17(30)20(33)23(36)26(39-9)38-8-15-18(31)21(34)24(37)27(42-15)40-12-4-2-10(3-5-12)25-22(35)19(32)16-13(29)6-11(28)7-14(16)41-25/h2-7,9,15,17-18,20-21,23-24,26-31,33-37H,8H2,1H3/t9-,15+,17-,18+,20+,21-,23+,24+,26+,27+/m0/s1. The van der Waals surface area contributed by atoms with Crippen LogP contribution < -0.4 is 10.2 Å². The largest absolute Gasteiger partial charge is 0.508 e. The Kier molecular flexibility index (Phi) is 8.30. The van der Waals surface area contributed by atoms with E-state index in [1.54, 1.807) is 0 Å². The molecule has 0 bridgehead atoms. The summed E-state index contributed by atoms with van der Waals surface area (Å²) in [6.45, 7) is 0.995. The van der Waals surface area contributed by atoms with Crippen molar-refractivity contribution in [3.63, 3.8) is 0 Å². The molecule has 2 aliphatic rings. The molecule has 9 N–H and O–H groups in total. The number of ether oxygens (including phenoxy) is 4. The molecule has 2 saturated heterocycles. The summed E-state index contributed by atoms with van der Waals surface area (Å²) in [4.78, 5) is 12.6. The van der Waals surface area contributed by atoms with Crippen LogP contribution in [0.25, 0.3) is 22.3 Å². The van der Waals surface area contributed by atoms with Crippen LogP contribution in [0, 0.1) is 0 Å². The van der Waals surface area contributed by atoms with Gasteiger partial charge in [-0.05, 0) is 31.2 Å². The van der Waals surface area contributed by atoms with Crippen LogP contribution in [-0.4, -0.2) is 114 Å². The fourth-order valence-electron chi connectivity index (χ4n) is 4.78. The normalized spacial score (nSPS) is 33.5.